The summed E-state index contributed by atoms with van der Waals surface area (Å²) in [5.41, 5.74) is -1.93. The van der Waals surface area contributed by atoms with Crippen molar-refractivity contribution in [2.24, 2.45) is 22.7 Å². The van der Waals surface area contributed by atoms with Crippen LogP contribution in [0.2, 0.25) is 0 Å². The van der Waals surface area contributed by atoms with Crippen molar-refractivity contribution in [1.82, 2.24) is 0 Å². The average Bonchev–Trinajstić information content (AvgIpc) is 3.15. The number of aliphatic hydroxyl groups is 1. The summed E-state index contributed by atoms with van der Waals surface area (Å²) < 4.78 is 11.0. The standard InChI is InChI=1S/C25H31NO8/c1-23(7-6-18(30)26-19-14(27)5-4-13(20(19)31)22(32)33-3)16(28)9-17(29)25-10-12-8-15(21(23)25)34-24(12,2)11-25/h4-5,12,15,17,21,27,29,31H,6-11H2,1-3H3,(H,26,30)/t12?,15-,17+,21?,23+,24-,25-/m0/s1. The second-order valence-corrected chi connectivity index (χ2v) is 10.9. The van der Waals surface area contributed by atoms with Crippen molar-refractivity contribution < 1.29 is 39.2 Å². The Bertz CT molecular complexity index is 1090. The minimum atomic E-state index is -0.837. The molecule has 184 valence electrons. The number of carbonyl (C=O) groups is 3. The molecule has 0 radical (unpaired) electrons. The number of rotatable bonds is 5. The van der Waals surface area contributed by atoms with Crippen molar-refractivity contribution in [2.75, 3.05) is 12.4 Å². The lowest BCUT2D eigenvalue weighted by Gasteiger charge is -2.59. The molecule has 9 nitrogen and oxygen atoms in total. The maximum absolute atomic E-state index is 13.2. The van der Waals surface area contributed by atoms with E-state index in [1.807, 2.05) is 6.92 Å². The lowest BCUT2D eigenvalue weighted by atomic mass is 9.47. The van der Waals surface area contributed by atoms with E-state index in [0.717, 1.165) is 26.4 Å². The van der Waals surface area contributed by atoms with Gasteiger partial charge in [0.1, 0.15) is 22.8 Å². The van der Waals surface area contributed by atoms with Crippen LogP contribution in [-0.2, 0) is 19.1 Å². The van der Waals surface area contributed by atoms with Crippen molar-refractivity contribution >= 4 is 23.3 Å². The predicted molar refractivity (Wildman–Crippen MR) is 119 cm³/mol. The minimum Gasteiger partial charge on any atom is -0.506 e. The number of carbonyl (C=O) groups excluding carboxylic acids is 3. The third-order valence-corrected chi connectivity index (χ3v) is 9.16. The van der Waals surface area contributed by atoms with Crippen molar-refractivity contribution in [3.63, 3.8) is 0 Å². The fourth-order valence-corrected chi connectivity index (χ4v) is 7.64. The molecule has 4 bridgehead atoms. The zero-order valence-corrected chi connectivity index (χ0v) is 19.6. The molecule has 4 N–H and O–H groups in total. The van der Waals surface area contributed by atoms with Crippen molar-refractivity contribution in [2.45, 2.75) is 70.2 Å². The highest BCUT2D eigenvalue weighted by molar-refractivity contribution is 6.00. The SMILES string of the molecule is COC(=O)c1ccc(O)c(NC(=O)CC[C@]2(C)C(=O)C[C@@H](O)[C@]34CC5C[C@H](O[C@@]5(C)C3)C42)c1O. The Morgan fingerprint density at radius 2 is 2.00 bits per heavy atom. The Balaban J connectivity index is 1.36. The monoisotopic (exact) mass is 473 g/mol. The lowest BCUT2D eigenvalue weighted by Crippen LogP contribution is -2.63. The smallest absolute Gasteiger partial charge is 0.341 e. The number of ether oxygens (including phenoxy) is 2. The second kappa shape index (κ2) is 7.42. The molecule has 0 aromatic heterocycles. The largest absolute Gasteiger partial charge is 0.506 e. The number of methoxy groups -OCH3 is 1. The Morgan fingerprint density at radius 3 is 2.68 bits per heavy atom. The van der Waals surface area contributed by atoms with E-state index < -0.39 is 34.9 Å². The van der Waals surface area contributed by atoms with E-state index in [9.17, 15) is 29.7 Å². The second-order valence-electron chi connectivity index (χ2n) is 10.9. The Kier molecular flexibility index (Phi) is 5.04. The third-order valence-electron chi connectivity index (χ3n) is 9.16. The lowest BCUT2D eigenvalue weighted by molar-refractivity contribution is -0.218. The molecule has 2 heterocycles. The van der Waals surface area contributed by atoms with Crippen LogP contribution in [-0.4, -0.2) is 57.9 Å². The van der Waals surface area contributed by atoms with Gasteiger partial charge in [-0.3, -0.25) is 9.59 Å². The van der Waals surface area contributed by atoms with Gasteiger partial charge in [-0.2, -0.15) is 0 Å². The summed E-state index contributed by atoms with van der Waals surface area (Å²) in [6, 6.07) is 2.38. The van der Waals surface area contributed by atoms with Crippen LogP contribution >= 0.6 is 0 Å². The fourth-order valence-electron chi connectivity index (χ4n) is 7.64. The van der Waals surface area contributed by atoms with Crippen LogP contribution < -0.4 is 5.32 Å². The molecule has 2 unspecified atom stereocenters. The van der Waals surface area contributed by atoms with Gasteiger partial charge in [0.15, 0.2) is 5.75 Å². The van der Waals surface area contributed by atoms with Gasteiger partial charge in [0.2, 0.25) is 5.91 Å². The van der Waals surface area contributed by atoms with Gasteiger partial charge in [-0.05, 0) is 50.7 Å². The molecular formula is C25H31NO8. The number of hydrogen-bond donors (Lipinski definition) is 4. The van der Waals surface area contributed by atoms with Crippen LogP contribution in [0.1, 0.15) is 62.7 Å². The van der Waals surface area contributed by atoms with E-state index >= 15 is 0 Å². The van der Waals surface area contributed by atoms with Crippen LogP contribution in [0.25, 0.3) is 0 Å². The van der Waals surface area contributed by atoms with Gasteiger partial charge in [-0.15, -0.1) is 0 Å². The minimum absolute atomic E-state index is 0.0420. The zero-order valence-electron chi connectivity index (χ0n) is 19.6. The summed E-state index contributed by atoms with van der Waals surface area (Å²) in [5, 5.41) is 34.0. The maximum atomic E-state index is 13.2. The van der Waals surface area contributed by atoms with Gasteiger partial charge >= 0.3 is 5.97 Å². The van der Waals surface area contributed by atoms with Crippen LogP contribution in [0, 0.1) is 22.7 Å². The highest BCUT2D eigenvalue weighted by Gasteiger charge is 2.75. The van der Waals surface area contributed by atoms with Crippen LogP contribution in [0.5, 0.6) is 11.5 Å². The highest BCUT2D eigenvalue weighted by Crippen LogP contribution is 2.73. The molecule has 1 aromatic rings. The number of phenols is 2. The van der Waals surface area contributed by atoms with Gasteiger partial charge in [0, 0.05) is 29.6 Å². The maximum Gasteiger partial charge on any atom is 0.341 e. The van der Waals surface area contributed by atoms with Gasteiger partial charge in [-0.1, -0.05) is 6.92 Å². The Labute approximate surface area is 197 Å². The fraction of sp³-hybridized carbons (Fsp3) is 0.640. The topological polar surface area (TPSA) is 142 Å². The van der Waals surface area contributed by atoms with Crippen molar-refractivity contribution in [1.29, 1.82) is 0 Å². The molecule has 6 rings (SSSR count). The molecule has 9 heteroatoms. The van der Waals surface area contributed by atoms with Gasteiger partial charge in [-0.25, -0.2) is 4.79 Å². The number of amides is 1. The average molecular weight is 474 g/mol. The molecular weight excluding hydrogens is 442 g/mol. The quantitative estimate of drug-likeness (QED) is 0.377. The van der Waals surface area contributed by atoms with Gasteiger partial charge < -0.3 is 30.1 Å². The predicted octanol–water partition coefficient (Wildman–Crippen LogP) is 2.52. The summed E-state index contributed by atoms with van der Waals surface area (Å²) >= 11 is 0. The number of esters is 1. The number of anilines is 1. The Morgan fingerprint density at radius 1 is 1.26 bits per heavy atom. The van der Waals surface area contributed by atoms with E-state index in [-0.39, 0.29) is 59.3 Å². The first-order valence-corrected chi connectivity index (χ1v) is 11.8. The number of Topliss-reactive ketones (excluding diaryl/α,β-unsaturated/α-hetero) is 1. The summed E-state index contributed by atoms with van der Waals surface area (Å²) in [5.74, 6) is -2.15. The molecule has 3 saturated carbocycles. The molecule has 2 saturated heterocycles. The number of phenolic OH excluding ortho intramolecular Hbond substituents is 2. The highest BCUT2D eigenvalue weighted by atomic mass is 16.5. The van der Waals surface area contributed by atoms with Crippen LogP contribution in [0.3, 0.4) is 0 Å². The van der Waals surface area contributed by atoms with Crippen LogP contribution in [0.15, 0.2) is 12.1 Å². The third kappa shape index (κ3) is 3.02. The first-order valence-electron chi connectivity index (χ1n) is 11.8. The van der Waals surface area contributed by atoms with Gasteiger partial charge in [0.25, 0.3) is 0 Å². The molecule has 7 atom stereocenters. The summed E-state index contributed by atoms with van der Waals surface area (Å²) in [7, 11) is 1.16. The zero-order chi connectivity index (χ0) is 24.6. The molecule has 34 heavy (non-hydrogen) atoms. The van der Waals surface area contributed by atoms with Crippen molar-refractivity contribution in [3.05, 3.63) is 17.7 Å². The number of aliphatic hydroxyl groups excluding tert-OH is 1. The van der Waals surface area contributed by atoms with E-state index in [0.29, 0.717) is 5.92 Å². The molecule has 1 spiro atoms. The Hall–Kier alpha value is -2.65. The van der Waals surface area contributed by atoms with Crippen LogP contribution in [0.4, 0.5) is 5.69 Å². The number of benzene rings is 1. The van der Waals surface area contributed by atoms with Gasteiger partial charge in [0.05, 0.1) is 24.9 Å². The van der Waals surface area contributed by atoms with E-state index in [1.165, 1.54) is 12.1 Å². The van der Waals surface area contributed by atoms with E-state index in [4.69, 9.17) is 4.74 Å². The number of hydrogen-bond acceptors (Lipinski definition) is 8. The first-order chi connectivity index (χ1) is 15.9. The van der Waals surface area contributed by atoms with E-state index in [2.05, 4.69) is 17.0 Å². The molecule has 2 aliphatic heterocycles. The summed E-state index contributed by atoms with van der Waals surface area (Å²) in [6.07, 6.45) is 1.90. The molecule has 1 aromatic carbocycles. The number of nitrogens with one attached hydrogen (secondary N) is 1. The molecule has 5 fully saturated rings. The molecule has 3 aliphatic carbocycles. The van der Waals surface area contributed by atoms with E-state index in [1.54, 1.807) is 0 Å². The molecule has 1 amide bonds. The number of aromatic hydroxyl groups is 2. The summed E-state index contributed by atoms with van der Waals surface area (Å²) in [4.78, 5) is 37.9. The number of ketones is 1. The molecule has 5 aliphatic rings. The first kappa shape index (κ1) is 23.1. The normalized spacial score (nSPS) is 39.7. The summed E-state index contributed by atoms with van der Waals surface area (Å²) in [6.45, 7) is 3.99. The van der Waals surface area contributed by atoms with Crippen molar-refractivity contribution in [3.8, 4) is 11.5 Å².